The standard InChI is InChI=1S/C26H25I2NO2/c1-26(2,3)31-25(30)23(16-20-14-15-21(27)17-22(20)28)29-24(18-10-6-4-7-11-18)19-12-8-5-9-13-19/h4-15,17,23H,16H2,1-3H3. The lowest BCUT2D eigenvalue weighted by Gasteiger charge is -2.23. The van der Waals surface area contributed by atoms with Crippen molar-refractivity contribution in [1.29, 1.82) is 0 Å². The van der Waals surface area contributed by atoms with Crippen molar-refractivity contribution in [3.63, 3.8) is 0 Å². The molecule has 3 rings (SSSR count). The Kier molecular flexibility index (Phi) is 8.27. The number of carbonyl (C=O) groups excluding carboxylic acids is 1. The maximum atomic E-state index is 13.2. The second kappa shape index (κ2) is 10.7. The summed E-state index contributed by atoms with van der Waals surface area (Å²) in [7, 11) is 0. The molecule has 0 aliphatic heterocycles. The number of hydrogen-bond donors (Lipinski definition) is 0. The van der Waals surface area contributed by atoms with E-state index in [0.717, 1.165) is 29.5 Å². The first-order chi connectivity index (χ1) is 14.7. The minimum Gasteiger partial charge on any atom is -0.458 e. The Balaban J connectivity index is 2.08. The van der Waals surface area contributed by atoms with Crippen LogP contribution in [0.25, 0.3) is 0 Å². The molecule has 0 aromatic heterocycles. The molecule has 3 aromatic rings. The van der Waals surface area contributed by atoms with Crippen LogP contribution in [-0.4, -0.2) is 23.3 Å². The summed E-state index contributed by atoms with van der Waals surface area (Å²) in [4.78, 5) is 18.2. The van der Waals surface area contributed by atoms with E-state index in [1.807, 2.05) is 81.4 Å². The van der Waals surface area contributed by atoms with E-state index in [4.69, 9.17) is 9.73 Å². The molecule has 0 aliphatic carbocycles. The van der Waals surface area contributed by atoms with Gasteiger partial charge in [0.1, 0.15) is 5.60 Å². The van der Waals surface area contributed by atoms with E-state index < -0.39 is 11.6 Å². The average molecular weight is 637 g/mol. The molecule has 0 fully saturated rings. The molecule has 3 aromatic carbocycles. The first kappa shape index (κ1) is 23.9. The third kappa shape index (κ3) is 7.14. The molecule has 0 saturated carbocycles. The van der Waals surface area contributed by atoms with Crippen molar-refractivity contribution in [2.45, 2.75) is 38.8 Å². The highest BCUT2D eigenvalue weighted by Crippen LogP contribution is 2.22. The van der Waals surface area contributed by atoms with Gasteiger partial charge in [-0.25, -0.2) is 4.79 Å². The Morgan fingerprint density at radius 1 is 0.903 bits per heavy atom. The molecule has 0 spiro atoms. The smallest absolute Gasteiger partial charge is 0.331 e. The largest absolute Gasteiger partial charge is 0.458 e. The highest BCUT2D eigenvalue weighted by atomic mass is 127. The number of ether oxygens (including phenoxy) is 1. The maximum Gasteiger partial charge on any atom is 0.331 e. The van der Waals surface area contributed by atoms with Gasteiger partial charge in [0.15, 0.2) is 6.04 Å². The minimum absolute atomic E-state index is 0.314. The Morgan fingerprint density at radius 3 is 1.94 bits per heavy atom. The van der Waals surface area contributed by atoms with Crippen LogP contribution in [0.5, 0.6) is 0 Å². The third-order valence-corrected chi connectivity index (χ3v) is 6.16. The van der Waals surface area contributed by atoms with E-state index in [-0.39, 0.29) is 5.97 Å². The van der Waals surface area contributed by atoms with Crippen LogP contribution in [0.2, 0.25) is 0 Å². The fourth-order valence-electron chi connectivity index (χ4n) is 3.11. The summed E-state index contributed by atoms with van der Waals surface area (Å²) in [5.41, 5.74) is 3.24. The SMILES string of the molecule is CC(C)(C)OC(=O)C(Cc1ccc(I)cc1I)N=C(c1ccccc1)c1ccccc1. The lowest BCUT2D eigenvalue weighted by molar-refractivity contribution is -0.156. The number of hydrogen-bond acceptors (Lipinski definition) is 3. The van der Waals surface area contributed by atoms with Gasteiger partial charge in [-0.05, 0) is 83.6 Å². The van der Waals surface area contributed by atoms with E-state index in [0.29, 0.717) is 6.42 Å². The number of nitrogens with zero attached hydrogens (tertiary/aromatic N) is 1. The molecule has 0 amide bonds. The first-order valence-electron chi connectivity index (χ1n) is 10.1. The summed E-state index contributed by atoms with van der Waals surface area (Å²) in [5, 5.41) is 0. The van der Waals surface area contributed by atoms with E-state index >= 15 is 0 Å². The predicted octanol–water partition coefficient (Wildman–Crippen LogP) is 6.69. The molecule has 1 unspecified atom stereocenters. The Bertz CT molecular complexity index is 1020. The molecule has 31 heavy (non-hydrogen) atoms. The van der Waals surface area contributed by atoms with Crippen molar-refractivity contribution in [3.8, 4) is 0 Å². The third-order valence-electron chi connectivity index (χ3n) is 4.49. The topological polar surface area (TPSA) is 38.7 Å². The fourth-order valence-corrected chi connectivity index (χ4v) is 4.93. The molecule has 3 nitrogen and oxygen atoms in total. The monoisotopic (exact) mass is 637 g/mol. The fraction of sp³-hybridized carbons (Fsp3) is 0.231. The van der Waals surface area contributed by atoms with Crippen molar-refractivity contribution >= 4 is 56.9 Å². The molecular weight excluding hydrogens is 612 g/mol. The highest BCUT2D eigenvalue weighted by molar-refractivity contribution is 14.1. The van der Waals surface area contributed by atoms with Gasteiger partial charge in [0.2, 0.25) is 0 Å². The lowest BCUT2D eigenvalue weighted by Crippen LogP contribution is -2.33. The molecular formula is C26H25I2NO2. The van der Waals surface area contributed by atoms with Crippen molar-refractivity contribution in [2.75, 3.05) is 0 Å². The van der Waals surface area contributed by atoms with Crippen LogP contribution >= 0.6 is 45.2 Å². The van der Waals surface area contributed by atoms with Gasteiger partial charge in [-0.1, -0.05) is 66.7 Å². The number of carbonyl (C=O) groups is 1. The van der Waals surface area contributed by atoms with E-state index in [9.17, 15) is 4.79 Å². The number of halogens is 2. The molecule has 0 N–H and O–H groups in total. The molecule has 0 aliphatic rings. The van der Waals surface area contributed by atoms with Crippen LogP contribution in [-0.2, 0) is 16.0 Å². The van der Waals surface area contributed by atoms with Crippen LogP contribution in [0, 0.1) is 7.14 Å². The van der Waals surface area contributed by atoms with Crippen LogP contribution < -0.4 is 0 Å². The number of esters is 1. The first-order valence-corrected chi connectivity index (χ1v) is 12.2. The van der Waals surface area contributed by atoms with Gasteiger partial charge in [0.25, 0.3) is 0 Å². The molecule has 0 bridgehead atoms. The molecule has 0 heterocycles. The second-order valence-corrected chi connectivity index (χ2v) is 10.6. The van der Waals surface area contributed by atoms with Gasteiger partial charge < -0.3 is 4.74 Å². The van der Waals surface area contributed by atoms with Crippen molar-refractivity contribution in [1.82, 2.24) is 0 Å². The summed E-state index contributed by atoms with van der Waals surface area (Å²) < 4.78 is 8.04. The predicted molar refractivity (Wildman–Crippen MR) is 144 cm³/mol. The van der Waals surface area contributed by atoms with Crippen LogP contribution in [0.15, 0.2) is 83.9 Å². The maximum absolute atomic E-state index is 13.2. The molecule has 160 valence electrons. The van der Waals surface area contributed by atoms with Gasteiger partial charge in [-0.15, -0.1) is 0 Å². The normalized spacial score (nSPS) is 12.2. The van der Waals surface area contributed by atoms with E-state index in [1.54, 1.807) is 0 Å². The zero-order valence-corrected chi connectivity index (χ0v) is 22.1. The van der Waals surface area contributed by atoms with Crippen LogP contribution in [0.1, 0.15) is 37.5 Å². The Labute approximate surface area is 211 Å². The number of rotatable bonds is 6. The van der Waals surface area contributed by atoms with Gasteiger partial charge in [-0.3, -0.25) is 4.99 Å². The number of benzene rings is 3. The van der Waals surface area contributed by atoms with Crippen molar-refractivity contribution < 1.29 is 9.53 Å². The summed E-state index contributed by atoms with van der Waals surface area (Å²) >= 11 is 4.62. The van der Waals surface area contributed by atoms with E-state index in [2.05, 4.69) is 63.4 Å². The van der Waals surface area contributed by atoms with E-state index in [1.165, 1.54) is 0 Å². The molecule has 5 heteroatoms. The van der Waals surface area contributed by atoms with Gasteiger partial charge in [0.05, 0.1) is 5.71 Å². The summed E-state index contributed by atoms with van der Waals surface area (Å²) in [6.07, 6.45) is 0.479. The molecule has 1 atom stereocenters. The zero-order chi connectivity index (χ0) is 22.4. The lowest BCUT2D eigenvalue weighted by atomic mass is 10.0. The quantitative estimate of drug-likeness (QED) is 0.172. The Hall–Kier alpha value is -1.74. The van der Waals surface area contributed by atoms with Crippen LogP contribution in [0.3, 0.4) is 0 Å². The van der Waals surface area contributed by atoms with Gasteiger partial charge in [-0.2, -0.15) is 0 Å². The van der Waals surface area contributed by atoms with Crippen LogP contribution in [0.4, 0.5) is 0 Å². The molecule has 0 radical (unpaired) electrons. The van der Waals surface area contributed by atoms with Gasteiger partial charge >= 0.3 is 5.97 Å². The summed E-state index contributed by atoms with van der Waals surface area (Å²) in [6, 6.07) is 25.6. The van der Waals surface area contributed by atoms with Crippen molar-refractivity contribution in [2.24, 2.45) is 4.99 Å². The summed E-state index contributed by atoms with van der Waals surface area (Å²) in [6.45, 7) is 5.65. The second-order valence-electron chi connectivity index (χ2n) is 8.20. The molecule has 0 saturated heterocycles. The minimum atomic E-state index is -0.650. The summed E-state index contributed by atoms with van der Waals surface area (Å²) in [5.74, 6) is -0.314. The average Bonchev–Trinajstić information content (AvgIpc) is 2.72. The number of aliphatic imine (C=N–C) groups is 1. The highest BCUT2D eigenvalue weighted by Gasteiger charge is 2.27. The van der Waals surface area contributed by atoms with Gasteiger partial charge in [0, 0.05) is 24.7 Å². The Morgan fingerprint density at radius 2 is 1.45 bits per heavy atom. The van der Waals surface area contributed by atoms with Crippen molar-refractivity contribution in [3.05, 3.63) is 103 Å². The zero-order valence-electron chi connectivity index (χ0n) is 17.8.